The Morgan fingerprint density at radius 2 is 1.89 bits per heavy atom. The molecule has 0 unspecified atom stereocenters. The highest BCUT2D eigenvalue weighted by molar-refractivity contribution is 5.95. The molecule has 13 heteroatoms. The zero-order chi connectivity index (χ0) is 26.3. The Labute approximate surface area is 209 Å². The first-order valence-corrected chi connectivity index (χ1v) is 11.3. The van der Waals surface area contributed by atoms with E-state index in [9.17, 15) is 23.1 Å². The summed E-state index contributed by atoms with van der Waals surface area (Å²) in [6, 6.07) is 10.9. The molecule has 0 aliphatic heterocycles. The van der Waals surface area contributed by atoms with Crippen LogP contribution in [0, 0.1) is 0 Å². The molecular formula is C24H23F3N8O2. The van der Waals surface area contributed by atoms with E-state index in [4.69, 9.17) is 0 Å². The quantitative estimate of drug-likeness (QED) is 0.296. The SMILES string of the molecule is O=C(NCc1cccnc1C(F)(F)F)c1cccc(NCc2nnc(-c3ccncn3)n2CCCO)c1. The highest BCUT2D eigenvalue weighted by Gasteiger charge is 2.35. The lowest BCUT2D eigenvalue weighted by Gasteiger charge is -2.13. The van der Waals surface area contributed by atoms with Crippen molar-refractivity contribution < 1.29 is 23.1 Å². The normalized spacial score (nSPS) is 11.4. The maximum absolute atomic E-state index is 13.2. The van der Waals surface area contributed by atoms with Crippen molar-refractivity contribution >= 4 is 11.6 Å². The number of carbonyl (C=O) groups is 1. The van der Waals surface area contributed by atoms with E-state index in [1.165, 1.54) is 18.5 Å². The van der Waals surface area contributed by atoms with Gasteiger partial charge in [0.15, 0.2) is 11.6 Å². The summed E-state index contributed by atoms with van der Waals surface area (Å²) >= 11 is 0. The highest BCUT2D eigenvalue weighted by atomic mass is 19.4. The van der Waals surface area contributed by atoms with Gasteiger partial charge in [-0.15, -0.1) is 10.2 Å². The van der Waals surface area contributed by atoms with E-state index in [1.54, 1.807) is 36.5 Å². The number of pyridine rings is 1. The molecule has 0 aliphatic carbocycles. The molecule has 3 N–H and O–H groups in total. The predicted octanol–water partition coefficient (Wildman–Crippen LogP) is 3.07. The third-order valence-corrected chi connectivity index (χ3v) is 5.35. The third-order valence-electron chi connectivity index (χ3n) is 5.35. The van der Waals surface area contributed by atoms with Crippen molar-refractivity contribution in [2.24, 2.45) is 0 Å². The van der Waals surface area contributed by atoms with Gasteiger partial charge in [-0.05, 0) is 36.8 Å². The van der Waals surface area contributed by atoms with Crippen molar-refractivity contribution in [3.05, 3.63) is 83.8 Å². The Hall–Kier alpha value is -4.39. The molecule has 0 saturated carbocycles. The van der Waals surface area contributed by atoms with Crippen LogP contribution >= 0.6 is 0 Å². The molecule has 0 aliphatic rings. The van der Waals surface area contributed by atoms with Crippen LogP contribution in [-0.4, -0.2) is 47.3 Å². The maximum atomic E-state index is 13.2. The number of rotatable bonds is 10. The number of aliphatic hydroxyl groups excluding tert-OH is 1. The second-order valence-electron chi connectivity index (χ2n) is 7.89. The largest absolute Gasteiger partial charge is 0.433 e. The second-order valence-corrected chi connectivity index (χ2v) is 7.89. The number of alkyl halides is 3. The van der Waals surface area contributed by atoms with Crippen molar-refractivity contribution in [2.75, 3.05) is 11.9 Å². The first-order chi connectivity index (χ1) is 17.9. The molecule has 3 heterocycles. The average Bonchev–Trinajstić information content (AvgIpc) is 3.32. The number of amides is 1. The minimum Gasteiger partial charge on any atom is -0.396 e. The zero-order valence-electron chi connectivity index (χ0n) is 19.5. The van der Waals surface area contributed by atoms with Gasteiger partial charge in [0.2, 0.25) is 0 Å². The van der Waals surface area contributed by atoms with E-state index in [2.05, 4.69) is 35.8 Å². The Morgan fingerprint density at radius 1 is 1.03 bits per heavy atom. The predicted molar refractivity (Wildman–Crippen MR) is 127 cm³/mol. The van der Waals surface area contributed by atoms with Crippen molar-refractivity contribution in [1.29, 1.82) is 0 Å². The topological polar surface area (TPSA) is 131 Å². The van der Waals surface area contributed by atoms with Gasteiger partial charge in [-0.1, -0.05) is 12.1 Å². The second kappa shape index (κ2) is 11.6. The summed E-state index contributed by atoms with van der Waals surface area (Å²) < 4.78 is 41.3. The zero-order valence-corrected chi connectivity index (χ0v) is 19.5. The van der Waals surface area contributed by atoms with E-state index in [0.29, 0.717) is 36.0 Å². The maximum Gasteiger partial charge on any atom is 0.433 e. The number of aromatic nitrogens is 6. The third kappa shape index (κ3) is 6.44. The summed E-state index contributed by atoms with van der Waals surface area (Å²) in [6.07, 6.45) is -0.0559. The number of nitrogens with one attached hydrogen (secondary N) is 2. The molecule has 192 valence electrons. The minimum atomic E-state index is -4.61. The van der Waals surface area contributed by atoms with E-state index >= 15 is 0 Å². The average molecular weight is 512 g/mol. The minimum absolute atomic E-state index is 0.00503. The summed E-state index contributed by atoms with van der Waals surface area (Å²) in [4.78, 5) is 24.1. The van der Waals surface area contributed by atoms with Crippen LogP contribution in [0.15, 0.2) is 61.2 Å². The molecular weight excluding hydrogens is 489 g/mol. The van der Waals surface area contributed by atoms with Gasteiger partial charge in [-0.25, -0.2) is 9.97 Å². The summed E-state index contributed by atoms with van der Waals surface area (Å²) in [5.74, 6) is 0.598. The van der Waals surface area contributed by atoms with Crippen LogP contribution in [0.25, 0.3) is 11.5 Å². The number of hydrogen-bond donors (Lipinski definition) is 3. The Balaban J connectivity index is 1.44. The summed E-state index contributed by atoms with van der Waals surface area (Å²) in [6.45, 7) is 0.406. The molecule has 37 heavy (non-hydrogen) atoms. The molecule has 0 spiro atoms. The van der Waals surface area contributed by atoms with Crippen molar-refractivity contribution in [1.82, 2.24) is 35.0 Å². The number of nitrogens with zero attached hydrogens (tertiary/aromatic N) is 6. The number of carbonyl (C=O) groups excluding carboxylic acids is 1. The molecule has 0 radical (unpaired) electrons. The van der Waals surface area contributed by atoms with Crippen molar-refractivity contribution in [2.45, 2.75) is 32.2 Å². The standard InChI is InChI=1S/C24H23F3N8O2/c25-24(26,27)21-17(5-2-8-29-21)13-31-23(37)16-4-1-6-18(12-16)30-14-20-33-34-22(35(20)10-3-11-36)19-7-9-28-15-32-19/h1-2,4-9,12,15,30,36H,3,10-11,13-14H2,(H,31,37). The van der Waals surface area contributed by atoms with Crippen LogP contribution in [0.3, 0.4) is 0 Å². The fourth-order valence-corrected chi connectivity index (χ4v) is 3.61. The highest BCUT2D eigenvalue weighted by Crippen LogP contribution is 2.30. The van der Waals surface area contributed by atoms with E-state index in [-0.39, 0.29) is 30.8 Å². The summed E-state index contributed by atoms with van der Waals surface area (Å²) in [7, 11) is 0. The van der Waals surface area contributed by atoms with Gasteiger partial charge in [-0.3, -0.25) is 9.78 Å². The van der Waals surface area contributed by atoms with Crippen LogP contribution in [-0.2, 0) is 25.8 Å². The molecule has 4 rings (SSSR count). The van der Waals surface area contributed by atoms with E-state index < -0.39 is 17.8 Å². The van der Waals surface area contributed by atoms with E-state index in [0.717, 1.165) is 6.20 Å². The van der Waals surface area contributed by atoms with Crippen LogP contribution in [0.2, 0.25) is 0 Å². The number of halogens is 3. The fraction of sp³-hybridized carbons (Fsp3) is 0.250. The van der Waals surface area contributed by atoms with Crippen LogP contribution in [0.1, 0.15) is 33.9 Å². The first-order valence-electron chi connectivity index (χ1n) is 11.3. The lowest BCUT2D eigenvalue weighted by molar-refractivity contribution is -0.141. The molecule has 1 amide bonds. The van der Waals surface area contributed by atoms with Crippen LogP contribution in [0.4, 0.5) is 18.9 Å². The number of anilines is 1. The van der Waals surface area contributed by atoms with Gasteiger partial charge in [-0.2, -0.15) is 13.2 Å². The Kier molecular flexibility index (Phi) is 8.03. The summed E-state index contributed by atoms with van der Waals surface area (Å²) in [5.41, 5.74) is 0.306. The monoisotopic (exact) mass is 512 g/mol. The van der Waals surface area contributed by atoms with Crippen LogP contribution in [0.5, 0.6) is 0 Å². The smallest absolute Gasteiger partial charge is 0.396 e. The van der Waals surface area contributed by atoms with Crippen molar-refractivity contribution in [3.63, 3.8) is 0 Å². The molecule has 1 aromatic carbocycles. The molecule has 0 atom stereocenters. The molecule has 10 nitrogen and oxygen atoms in total. The molecule has 4 aromatic rings. The lowest BCUT2D eigenvalue weighted by Crippen LogP contribution is -2.25. The fourth-order valence-electron chi connectivity index (χ4n) is 3.61. The van der Waals surface area contributed by atoms with Gasteiger partial charge >= 0.3 is 6.18 Å². The van der Waals surface area contributed by atoms with Gasteiger partial charge in [0, 0.05) is 48.9 Å². The molecule has 0 fully saturated rings. The number of hydrogen-bond acceptors (Lipinski definition) is 8. The summed E-state index contributed by atoms with van der Waals surface area (Å²) in [5, 5.41) is 23.5. The van der Waals surface area contributed by atoms with Crippen LogP contribution < -0.4 is 10.6 Å². The van der Waals surface area contributed by atoms with Gasteiger partial charge < -0.3 is 20.3 Å². The van der Waals surface area contributed by atoms with Gasteiger partial charge in [0.25, 0.3) is 5.91 Å². The number of benzene rings is 1. The van der Waals surface area contributed by atoms with E-state index in [1.807, 2.05) is 4.57 Å². The first kappa shape index (κ1) is 25.7. The Bertz CT molecular complexity index is 1350. The Morgan fingerprint density at radius 3 is 2.65 bits per heavy atom. The van der Waals surface area contributed by atoms with Crippen molar-refractivity contribution in [3.8, 4) is 11.5 Å². The molecule has 0 saturated heterocycles. The van der Waals surface area contributed by atoms with Gasteiger partial charge in [0.05, 0.1) is 6.54 Å². The van der Waals surface area contributed by atoms with Gasteiger partial charge in [0.1, 0.15) is 17.7 Å². The molecule has 3 aromatic heterocycles. The molecule has 0 bridgehead atoms. The lowest BCUT2D eigenvalue weighted by atomic mass is 10.1. The number of aliphatic hydroxyl groups is 1.